The van der Waals surface area contributed by atoms with Crippen LogP contribution in [0.1, 0.15) is 23.2 Å². The van der Waals surface area contributed by atoms with Gasteiger partial charge in [0.15, 0.2) is 0 Å². The van der Waals surface area contributed by atoms with E-state index in [1.807, 2.05) is 24.3 Å². The second-order valence-electron chi connectivity index (χ2n) is 5.03. The van der Waals surface area contributed by atoms with Gasteiger partial charge in [0.1, 0.15) is 5.75 Å². The zero-order chi connectivity index (χ0) is 17.4. The van der Waals surface area contributed by atoms with Crippen molar-refractivity contribution < 1.29 is 19.1 Å². The van der Waals surface area contributed by atoms with Crippen LogP contribution in [0.4, 0.5) is 5.69 Å². The number of methoxy groups -OCH3 is 1. The van der Waals surface area contributed by atoms with Gasteiger partial charge in [0, 0.05) is 16.6 Å². The van der Waals surface area contributed by atoms with Crippen LogP contribution in [0.15, 0.2) is 53.0 Å². The van der Waals surface area contributed by atoms with Gasteiger partial charge < -0.3 is 14.8 Å². The van der Waals surface area contributed by atoms with Crippen LogP contribution in [0.2, 0.25) is 0 Å². The number of ether oxygens (including phenoxy) is 2. The highest BCUT2D eigenvalue weighted by atomic mass is 79.9. The van der Waals surface area contributed by atoms with Crippen LogP contribution in [0, 0.1) is 0 Å². The fourth-order valence-corrected chi connectivity index (χ4v) is 2.42. The number of hydrogen-bond acceptors (Lipinski definition) is 4. The van der Waals surface area contributed by atoms with Crippen molar-refractivity contribution in [3.63, 3.8) is 0 Å². The van der Waals surface area contributed by atoms with Crippen molar-refractivity contribution in [1.82, 2.24) is 0 Å². The second kappa shape index (κ2) is 9.08. The van der Waals surface area contributed by atoms with E-state index in [4.69, 9.17) is 4.74 Å². The first-order valence-electron chi connectivity index (χ1n) is 7.45. The SMILES string of the molecule is COC(=O)c1cccc(NC(=O)CCCOc2cccc(Br)c2)c1. The molecule has 0 saturated heterocycles. The standard InChI is InChI=1S/C18H18BrNO4/c1-23-18(22)13-5-2-7-15(11-13)20-17(21)9-4-10-24-16-8-3-6-14(19)12-16/h2-3,5-8,11-12H,4,9-10H2,1H3,(H,20,21). The third-order valence-electron chi connectivity index (χ3n) is 3.18. The maximum absolute atomic E-state index is 11.9. The molecule has 0 atom stereocenters. The molecule has 2 rings (SSSR count). The summed E-state index contributed by atoms with van der Waals surface area (Å²) in [5.74, 6) is 0.193. The van der Waals surface area contributed by atoms with E-state index in [0.717, 1.165) is 10.2 Å². The summed E-state index contributed by atoms with van der Waals surface area (Å²) in [6.07, 6.45) is 0.922. The van der Waals surface area contributed by atoms with E-state index in [0.29, 0.717) is 30.7 Å². The van der Waals surface area contributed by atoms with Gasteiger partial charge in [-0.05, 0) is 42.8 Å². The molecule has 0 aliphatic carbocycles. The van der Waals surface area contributed by atoms with Gasteiger partial charge in [-0.3, -0.25) is 4.79 Å². The number of halogens is 1. The summed E-state index contributed by atoms with van der Waals surface area (Å²) in [4.78, 5) is 23.4. The highest BCUT2D eigenvalue weighted by Crippen LogP contribution is 2.18. The van der Waals surface area contributed by atoms with E-state index in [1.54, 1.807) is 24.3 Å². The largest absolute Gasteiger partial charge is 0.494 e. The van der Waals surface area contributed by atoms with Gasteiger partial charge in [-0.2, -0.15) is 0 Å². The van der Waals surface area contributed by atoms with Crippen LogP contribution in [-0.4, -0.2) is 25.6 Å². The van der Waals surface area contributed by atoms with Crippen molar-refractivity contribution in [2.24, 2.45) is 0 Å². The molecule has 0 bridgehead atoms. The summed E-state index contributed by atoms with van der Waals surface area (Å²) in [6.45, 7) is 0.450. The lowest BCUT2D eigenvalue weighted by molar-refractivity contribution is -0.116. The van der Waals surface area contributed by atoms with Gasteiger partial charge in [-0.1, -0.05) is 28.1 Å². The zero-order valence-corrected chi connectivity index (χ0v) is 14.8. The summed E-state index contributed by atoms with van der Waals surface area (Å²) < 4.78 is 11.2. The molecular formula is C18H18BrNO4. The molecule has 0 spiro atoms. The van der Waals surface area contributed by atoms with Crippen molar-refractivity contribution >= 4 is 33.5 Å². The average Bonchev–Trinajstić information content (AvgIpc) is 2.58. The van der Waals surface area contributed by atoms with E-state index in [-0.39, 0.29) is 5.91 Å². The van der Waals surface area contributed by atoms with Crippen LogP contribution in [0.25, 0.3) is 0 Å². The van der Waals surface area contributed by atoms with Crippen molar-refractivity contribution in [3.8, 4) is 5.75 Å². The van der Waals surface area contributed by atoms with Gasteiger partial charge >= 0.3 is 5.97 Å². The zero-order valence-electron chi connectivity index (χ0n) is 13.3. The van der Waals surface area contributed by atoms with Crippen LogP contribution in [0.3, 0.4) is 0 Å². The second-order valence-corrected chi connectivity index (χ2v) is 5.95. The molecule has 0 heterocycles. The molecule has 1 amide bonds. The monoisotopic (exact) mass is 391 g/mol. The number of anilines is 1. The van der Waals surface area contributed by atoms with Gasteiger partial charge in [-0.25, -0.2) is 4.79 Å². The number of amides is 1. The van der Waals surface area contributed by atoms with E-state index in [9.17, 15) is 9.59 Å². The lowest BCUT2D eigenvalue weighted by atomic mass is 10.2. The molecule has 0 aliphatic heterocycles. The summed E-state index contributed by atoms with van der Waals surface area (Å²) >= 11 is 3.38. The molecular weight excluding hydrogens is 374 g/mol. The van der Waals surface area contributed by atoms with Crippen LogP contribution < -0.4 is 10.1 Å². The Hall–Kier alpha value is -2.34. The van der Waals surface area contributed by atoms with E-state index in [2.05, 4.69) is 26.0 Å². The fraction of sp³-hybridized carbons (Fsp3) is 0.222. The van der Waals surface area contributed by atoms with Gasteiger partial charge in [0.05, 0.1) is 19.3 Å². The molecule has 2 aromatic rings. The minimum atomic E-state index is -0.437. The Labute approximate surface area is 149 Å². The van der Waals surface area contributed by atoms with Crippen molar-refractivity contribution in [1.29, 1.82) is 0 Å². The predicted molar refractivity (Wildman–Crippen MR) is 95.3 cm³/mol. The topological polar surface area (TPSA) is 64.6 Å². The number of benzene rings is 2. The van der Waals surface area contributed by atoms with E-state index >= 15 is 0 Å². The third kappa shape index (κ3) is 5.70. The molecule has 0 aliphatic rings. The minimum absolute atomic E-state index is 0.130. The third-order valence-corrected chi connectivity index (χ3v) is 3.67. The summed E-state index contributed by atoms with van der Waals surface area (Å²) in [6, 6.07) is 14.2. The van der Waals surface area contributed by atoms with Crippen molar-refractivity contribution in [2.45, 2.75) is 12.8 Å². The normalized spacial score (nSPS) is 10.1. The smallest absolute Gasteiger partial charge is 0.337 e. The first-order chi connectivity index (χ1) is 11.6. The van der Waals surface area contributed by atoms with Gasteiger partial charge in [-0.15, -0.1) is 0 Å². The number of esters is 1. The van der Waals surface area contributed by atoms with Crippen LogP contribution in [0.5, 0.6) is 5.75 Å². The Morgan fingerprint density at radius 3 is 2.67 bits per heavy atom. The Balaban J connectivity index is 1.76. The van der Waals surface area contributed by atoms with Crippen LogP contribution in [-0.2, 0) is 9.53 Å². The Morgan fingerprint density at radius 1 is 1.12 bits per heavy atom. The first-order valence-corrected chi connectivity index (χ1v) is 8.24. The van der Waals surface area contributed by atoms with Crippen molar-refractivity contribution in [2.75, 3.05) is 19.0 Å². The number of rotatable bonds is 7. The van der Waals surface area contributed by atoms with Gasteiger partial charge in [0.25, 0.3) is 0 Å². The molecule has 0 saturated carbocycles. The predicted octanol–water partition coefficient (Wildman–Crippen LogP) is 4.03. The number of nitrogens with one attached hydrogen (secondary N) is 1. The highest BCUT2D eigenvalue weighted by molar-refractivity contribution is 9.10. The number of carbonyl (C=O) groups excluding carboxylic acids is 2. The molecule has 0 aromatic heterocycles. The Bertz CT molecular complexity index is 718. The van der Waals surface area contributed by atoms with E-state index in [1.165, 1.54) is 7.11 Å². The molecule has 24 heavy (non-hydrogen) atoms. The minimum Gasteiger partial charge on any atom is -0.494 e. The molecule has 126 valence electrons. The lowest BCUT2D eigenvalue weighted by Gasteiger charge is -2.08. The van der Waals surface area contributed by atoms with Gasteiger partial charge in [0.2, 0.25) is 5.91 Å². The molecule has 0 unspecified atom stereocenters. The maximum atomic E-state index is 11.9. The van der Waals surface area contributed by atoms with E-state index < -0.39 is 5.97 Å². The summed E-state index contributed by atoms with van der Waals surface area (Å²) in [5, 5.41) is 2.76. The molecule has 0 fully saturated rings. The Kier molecular flexibility index (Phi) is 6.81. The average molecular weight is 392 g/mol. The maximum Gasteiger partial charge on any atom is 0.337 e. The quantitative estimate of drug-likeness (QED) is 0.571. The molecule has 1 N–H and O–H groups in total. The highest BCUT2D eigenvalue weighted by Gasteiger charge is 2.08. The first kappa shape index (κ1) is 18.0. The molecule has 0 radical (unpaired) electrons. The number of carbonyl (C=O) groups is 2. The molecule has 6 heteroatoms. The van der Waals surface area contributed by atoms with Crippen LogP contribution >= 0.6 is 15.9 Å². The number of hydrogen-bond donors (Lipinski definition) is 1. The fourth-order valence-electron chi connectivity index (χ4n) is 2.04. The lowest BCUT2D eigenvalue weighted by Crippen LogP contribution is -2.13. The summed E-state index contributed by atoms with van der Waals surface area (Å²) in [7, 11) is 1.32. The molecule has 5 nitrogen and oxygen atoms in total. The summed E-state index contributed by atoms with van der Waals surface area (Å²) in [5.41, 5.74) is 0.962. The molecule has 2 aromatic carbocycles. The Morgan fingerprint density at radius 2 is 1.92 bits per heavy atom. The van der Waals surface area contributed by atoms with Crippen molar-refractivity contribution in [3.05, 3.63) is 58.6 Å².